The van der Waals surface area contributed by atoms with Crippen molar-refractivity contribution in [3.05, 3.63) is 168 Å². The Morgan fingerprint density at radius 1 is 0.571 bits per heavy atom. The van der Waals surface area contributed by atoms with Gasteiger partial charge in [-0.25, -0.2) is 0 Å². The number of rotatable bonds is 3. The van der Waals surface area contributed by atoms with Gasteiger partial charge < -0.3 is 14.4 Å². The number of furan rings is 1. The van der Waals surface area contributed by atoms with Crippen molar-refractivity contribution in [2.45, 2.75) is 66.1 Å². The topological polar surface area (TPSA) is 38.9 Å². The molecule has 56 heavy (non-hydrogen) atoms. The molecular formula is C52H46IrN2O-2. The first-order valence-electron chi connectivity index (χ1n) is 21.6. The maximum atomic E-state index is 8.35. The number of aromatic nitrogens is 2. The van der Waals surface area contributed by atoms with Crippen LogP contribution in [0.5, 0.6) is 0 Å². The zero-order valence-electron chi connectivity index (χ0n) is 38.3. The zero-order chi connectivity index (χ0) is 43.5. The summed E-state index contributed by atoms with van der Waals surface area (Å²) in [6.07, 6.45) is 3.14. The zero-order valence-corrected chi connectivity index (χ0v) is 34.7. The molecule has 0 saturated carbocycles. The Balaban J connectivity index is 0.000000286. The van der Waals surface area contributed by atoms with Gasteiger partial charge in [-0.15, -0.1) is 53.6 Å². The van der Waals surface area contributed by atoms with Gasteiger partial charge in [-0.2, -0.15) is 0 Å². The van der Waals surface area contributed by atoms with Crippen LogP contribution in [0.1, 0.15) is 72.0 Å². The minimum atomic E-state index is -2.52. The van der Waals surface area contributed by atoms with E-state index in [9.17, 15) is 0 Å². The van der Waals surface area contributed by atoms with Crippen molar-refractivity contribution in [1.29, 1.82) is 0 Å². The molecule has 1 radical (unpaired) electrons. The molecule has 0 bridgehead atoms. The Hall–Kier alpha value is -5.41. The fraction of sp³-hybridized carbons (Fsp3) is 0.192. The maximum Gasteiger partial charge on any atom is 0.121 e. The van der Waals surface area contributed by atoms with Crippen LogP contribution in [0, 0.1) is 25.8 Å². The second-order valence-electron chi connectivity index (χ2n) is 16.1. The van der Waals surface area contributed by atoms with Crippen LogP contribution in [0.15, 0.2) is 138 Å². The molecule has 0 unspecified atom stereocenters. The van der Waals surface area contributed by atoms with Gasteiger partial charge in [-0.1, -0.05) is 125 Å². The van der Waals surface area contributed by atoms with Crippen LogP contribution in [-0.4, -0.2) is 9.97 Å². The third kappa shape index (κ3) is 7.57. The summed E-state index contributed by atoms with van der Waals surface area (Å²) in [4.78, 5) is 8.92. The molecule has 4 heteroatoms. The van der Waals surface area contributed by atoms with E-state index in [0.29, 0.717) is 28.0 Å². The van der Waals surface area contributed by atoms with Gasteiger partial charge in [0.05, 0.1) is 5.58 Å². The number of benzene rings is 6. The molecule has 6 aromatic carbocycles. The number of fused-ring (bicyclic) bond motifs is 6. The summed E-state index contributed by atoms with van der Waals surface area (Å²) < 4.78 is 56.3. The first-order valence-corrected chi connectivity index (χ1v) is 18.6. The molecule has 0 N–H and O–H groups in total. The van der Waals surface area contributed by atoms with E-state index in [0.717, 1.165) is 54.7 Å². The molecule has 0 aliphatic carbocycles. The van der Waals surface area contributed by atoms with Crippen molar-refractivity contribution in [3.8, 4) is 33.6 Å². The fourth-order valence-electron chi connectivity index (χ4n) is 7.10. The number of aryl methyl sites for hydroxylation is 2. The Bertz CT molecular complexity index is 3080. The summed E-state index contributed by atoms with van der Waals surface area (Å²) in [6.45, 7) is 7.69. The van der Waals surface area contributed by atoms with Crippen LogP contribution >= 0.6 is 0 Å². The fourth-order valence-corrected chi connectivity index (χ4v) is 7.10. The molecule has 0 atom stereocenters. The largest absolute Gasteiger partial charge is 0.501 e. The summed E-state index contributed by atoms with van der Waals surface area (Å²) in [6, 6.07) is 46.0. The van der Waals surface area contributed by atoms with Crippen LogP contribution < -0.4 is 0 Å². The predicted molar refractivity (Wildman–Crippen MR) is 232 cm³/mol. The SMILES string of the molecule is CC(C)(C)c1cc[c-]c(-c2ccccn2)c1.[2H]C([2H])([2H])c1cnc(-c2[c-]ccc3c2oc2cc4c(ccc5ccccc54)cc23)cc1-c1ccc(C(C)(C)C)cc1C([2H])([2H])[2H].[Ir]. The van der Waals surface area contributed by atoms with Crippen molar-refractivity contribution in [2.24, 2.45) is 0 Å². The second-order valence-corrected chi connectivity index (χ2v) is 16.1. The van der Waals surface area contributed by atoms with E-state index in [1.807, 2.05) is 81.6 Å². The summed E-state index contributed by atoms with van der Waals surface area (Å²) in [7, 11) is 0. The molecule has 3 nitrogen and oxygen atoms in total. The second kappa shape index (κ2) is 15.3. The van der Waals surface area contributed by atoms with Crippen molar-refractivity contribution >= 4 is 43.5 Å². The van der Waals surface area contributed by atoms with E-state index in [1.54, 1.807) is 18.2 Å². The first-order chi connectivity index (χ1) is 28.8. The molecule has 0 fully saturated rings. The number of nitrogens with zero attached hydrogens (tertiary/aromatic N) is 2. The quantitative estimate of drug-likeness (QED) is 0.131. The third-order valence-corrected chi connectivity index (χ3v) is 10.2. The van der Waals surface area contributed by atoms with E-state index in [4.69, 9.17) is 12.6 Å². The maximum absolute atomic E-state index is 8.35. The Morgan fingerprint density at radius 2 is 1.32 bits per heavy atom. The van der Waals surface area contributed by atoms with Gasteiger partial charge in [0.1, 0.15) is 5.58 Å². The van der Waals surface area contributed by atoms with Gasteiger partial charge >= 0.3 is 0 Å². The number of pyridine rings is 2. The van der Waals surface area contributed by atoms with Gasteiger partial charge in [0.25, 0.3) is 0 Å². The first kappa shape index (κ1) is 31.8. The van der Waals surface area contributed by atoms with Crippen LogP contribution in [0.3, 0.4) is 0 Å². The summed E-state index contributed by atoms with van der Waals surface area (Å²) in [5.41, 5.74) is 7.09. The van der Waals surface area contributed by atoms with Crippen molar-refractivity contribution < 1.29 is 32.7 Å². The van der Waals surface area contributed by atoms with Gasteiger partial charge in [0, 0.05) is 46.1 Å². The molecule has 9 aromatic rings. The van der Waals surface area contributed by atoms with Crippen LogP contribution in [0.25, 0.3) is 77.1 Å². The minimum Gasteiger partial charge on any atom is -0.501 e. The Labute approximate surface area is 352 Å². The molecule has 0 saturated heterocycles. The molecule has 0 amide bonds. The summed E-state index contributed by atoms with van der Waals surface area (Å²) >= 11 is 0. The van der Waals surface area contributed by atoms with E-state index in [2.05, 4.69) is 91.4 Å². The summed E-state index contributed by atoms with van der Waals surface area (Å²) in [5, 5.41) is 6.30. The Morgan fingerprint density at radius 3 is 2.09 bits per heavy atom. The number of hydrogen-bond donors (Lipinski definition) is 0. The molecule has 0 aliphatic rings. The molecule has 0 aliphatic heterocycles. The van der Waals surface area contributed by atoms with Crippen LogP contribution in [-0.2, 0) is 30.9 Å². The third-order valence-electron chi connectivity index (χ3n) is 10.2. The Kier molecular flexibility index (Phi) is 8.65. The van der Waals surface area contributed by atoms with Crippen molar-refractivity contribution in [2.75, 3.05) is 0 Å². The average Bonchev–Trinajstić information content (AvgIpc) is 3.59. The van der Waals surface area contributed by atoms with Gasteiger partial charge in [-0.3, -0.25) is 0 Å². The van der Waals surface area contributed by atoms with Crippen molar-refractivity contribution in [1.82, 2.24) is 9.97 Å². The van der Waals surface area contributed by atoms with Crippen molar-refractivity contribution in [3.63, 3.8) is 0 Å². The van der Waals surface area contributed by atoms with Gasteiger partial charge in [0.15, 0.2) is 0 Å². The standard InChI is InChI=1S/C37H30NO.C15H16N.Ir/c1-22-17-26(37(3,4)5)15-16-27(22)31-19-34(38-21-23(31)2)30-12-8-11-29-33-18-25-14-13-24-9-6-7-10-28(24)32(25)20-35(33)39-36(29)30;1-15(2,3)13-8-6-7-12(11-13)14-9-4-5-10-16-14;/h6-11,13-21H,1-5H3;4-6,8-11H,1-3H3;/q2*-1;/i1D3,2D3;;. The van der Waals surface area contributed by atoms with E-state index < -0.39 is 13.7 Å². The smallest absolute Gasteiger partial charge is 0.121 e. The van der Waals surface area contributed by atoms with Crippen LogP contribution in [0.4, 0.5) is 0 Å². The van der Waals surface area contributed by atoms with E-state index in [-0.39, 0.29) is 42.1 Å². The minimum absolute atomic E-state index is 0. The normalized spacial score (nSPS) is 13.8. The average molecular weight is 913 g/mol. The summed E-state index contributed by atoms with van der Waals surface area (Å²) in [5.74, 6) is 0. The van der Waals surface area contributed by atoms with E-state index in [1.165, 1.54) is 11.8 Å². The molecule has 9 rings (SSSR count). The molecule has 0 spiro atoms. The van der Waals surface area contributed by atoms with Gasteiger partial charge in [-0.05, 0) is 103 Å². The monoisotopic (exact) mass is 913 g/mol. The molecule has 281 valence electrons. The predicted octanol–water partition coefficient (Wildman–Crippen LogP) is 14.2. The number of hydrogen-bond acceptors (Lipinski definition) is 3. The van der Waals surface area contributed by atoms with Crippen LogP contribution in [0.2, 0.25) is 0 Å². The molecular weight excluding hydrogens is 861 g/mol. The van der Waals surface area contributed by atoms with Gasteiger partial charge in [0.2, 0.25) is 0 Å². The molecule has 3 heterocycles. The van der Waals surface area contributed by atoms with E-state index >= 15 is 0 Å². The molecule has 3 aromatic heterocycles.